The van der Waals surface area contributed by atoms with Crippen LogP contribution in [0.1, 0.15) is 43.2 Å². The van der Waals surface area contributed by atoms with Gasteiger partial charge in [0.15, 0.2) is 0 Å². The molecule has 1 aromatic carbocycles. The molecule has 0 fully saturated rings. The molecule has 0 radical (unpaired) electrons. The average molecular weight is 304 g/mol. The largest absolute Gasteiger partial charge is 0.439 e. The summed E-state index contributed by atoms with van der Waals surface area (Å²) in [7, 11) is 0. The number of aryl methyl sites for hydroxylation is 2. The van der Waals surface area contributed by atoms with Gasteiger partial charge in [-0.15, -0.1) is 11.6 Å². The van der Waals surface area contributed by atoms with Crippen LogP contribution in [0.2, 0.25) is 0 Å². The summed E-state index contributed by atoms with van der Waals surface area (Å²) >= 11 is 5.87. The van der Waals surface area contributed by atoms with E-state index in [1.807, 2.05) is 25.1 Å². The van der Waals surface area contributed by atoms with E-state index in [4.69, 9.17) is 16.3 Å². The third-order valence-electron chi connectivity index (χ3n) is 3.47. The second-order valence-corrected chi connectivity index (χ2v) is 6.65. The topological polar surface area (TPSA) is 22.1 Å². The Labute approximate surface area is 132 Å². The summed E-state index contributed by atoms with van der Waals surface area (Å²) in [5, 5.41) is 0. The number of hydrogen-bond donors (Lipinski definition) is 0. The van der Waals surface area contributed by atoms with Gasteiger partial charge in [0.25, 0.3) is 0 Å². The molecule has 1 aromatic heterocycles. The Morgan fingerprint density at radius 1 is 1.10 bits per heavy atom. The van der Waals surface area contributed by atoms with Gasteiger partial charge in [0.05, 0.1) is 0 Å². The van der Waals surface area contributed by atoms with Crippen molar-refractivity contribution >= 4 is 11.6 Å². The summed E-state index contributed by atoms with van der Waals surface area (Å²) in [6, 6.07) is 10.1. The molecule has 112 valence electrons. The van der Waals surface area contributed by atoms with E-state index < -0.39 is 0 Å². The van der Waals surface area contributed by atoms with Crippen molar-refractivity contribution in [3.05, 3.63) is 52.7 Å². The van der Waals surface area contributed by atoms with Crippen molar-refractivity contribution in [2.45, 2.75) is 45.9 Å². The van der Waals surface area contributed by atoms with Gasteiger partial charge in [0.1, 0.15) is 5.75 Å². The van der Waals surface area contributed by atoms with Crippen molar-refractivity contribution in [3.63, 3.8) is 0 Å². The van der Waals surface area contributed by atoms with Crippen molar-refractivity contribution in [1.29, 1.82) is 0 Å². The zero-order chi connectivity index (χ0) is 15.6. The van der Waals surface area contributed by atoms with Gasteiger partial charge in [-0.05, 0) is 30.9 Å². The summed E-state index contributed by atoms with van der Waals surface area (Å²) in [6.07, 6.45) is 0. The highest BCUT2D eigenvalue weighted by Crippen LogP contribution is 2.34. The molecule has 0 aliphatic heterocycles. The number of hydrogen-bond acceptors (Lipinski definition) is 2. The van der Waals surface area contributed by atoms with Crippen LogP contribution in [-0.4, -0.2) is 4.98 Å². The van der Waals surface area contributed by atoms with Crippen LogP contribution >= 0.6 is 11.6 Å². The summed E-state index contributed by atoms with van der Waals surface area (Å²) in [6.45, 7) is 10.6. The lowest BCUT2D eigenvalue weighted by molar-refractivity contribution is 0.438. The predicted molar refractivity (Wildman–Crippen MR) is 88.5 cm³/mol. The highest BCUT2D eigenvalue weighted by molar-refractivity contribution is 6.17. The van der Waals surface area contributed by atoms with Crippen LogP contribution < -0.4 is 4.74 Å². The van der Waals surface area contributed by atoms with E-state index in [1.54, 1.807) is 0 Å². The van der Waals surface area contributed by atoms with E-state index in [9.17, 15) is 0 Å². The minimum Gasteiger partial charge on any atom is -0.439 e. The number of ether oxygens (including phenoxy) is 1. The molecule has 2 aromatic rings. The van der Waals surface area contributed by atoms with E-state index in [-0.39, 0.29) is 5.41 Å². The normalized spacial score (nSPS) is 11.5. The fourth-order valence-electron chi connectivity index (χ4n) is 2.20. The molecule has 3 heteroatoms. The second-order valence-electron chi connectivity index (χ2n) is 6.38. The van der Waals surface area contributed by atoms with E-state index in [0.717, 1.165) is 17.0 Å². The predicted octanol–water partition coefficient (Wildman–Crippen LogP) is 5.53. The van der Waals surface area contributed by atoms with E-state index in [2.05, 4.69) is 44.8 Å². The molecule has 0 spiro atoms. The van der Waals surface area contributed by atoms with Crippen molar-refractivity contribution < 1.29 is 4.74 Å². The Morgan fingerprint density at radius 2 is 1.81 bits per heavy atom. The van der Waals surface area contributed by atoms with Crippen LogP contribution in [0.25, 0.3) is 0 Å². The van der Waals surface area contributed by atoms with Gasteiger partial charge in [-0.2, -0.15) is 0 Å². The Bertz CT molecular complexity index is 644. The van der Waals surface area contributed by atoms with Crippen molar-refractivity contribution in [2.24, 2.45) is 0 Å². The van der Waals surface area contributed by atoms with E-state index >= 15 is 0 Å². The molecule has 1 heterocycles. The highest BCUT2D eigenvalue weighted by Gasteiger charge is 2.20. The molecule has 21 heavy (non-hydrogen) atoms. The minimum absolute atomic E-state index is 0.0203. The quantitative estimate of drug-likeness (QED) is 0.696. The maximum Gasteiger partial charge on any atom is 0.219 e. The highest BCUT2D eigenvalue weighted by atomic mass is 35.5. The average Bonchev–Trinajstić information content (AvgIpc) is 2.40. The summed E-state index contributed by atoms with van der Waals surface area (Å²) in [5.74, 6) is 1.94. The summed E-state index contributed by atoms with van der Waals surface area (Å²) < 4.78 is 6.02. The molecular formula is C18H22ClNO. The van der Waals surface area contributed by atoms with Gasteiger partial charge in [-0.1, -0.05) is 44.5 Å². The molecule has 0 unspecified atom stereocenters. The first-order valence-corrected chi connectivity index (χ1v) is 7.66. The number of rotatable bonds is 3. The lowest BCUT2D eigenvalue weighted by Crippen LogP contribution is -2.13. The van der Waals surface area contributed by atoms with Crippen LogP contribution in [0.15, 0.2) is 30.3 Å². The monoisotopic (exact) mass is 303 g/mol. The van der Waals surface area contributed by atoms with Crippen molar-refractivity contribution in [3.8, 4) is 11.6 Å². The van der Waals surface area contributed by atoms with Crippen LogP contribution in [0.4, 0.5) is 0 Å². The number of aromatic nitrogens is 1. The minimum atomic E-state index is 0.0203. The van der Waals surface area contributed by atoms with Gasteiger partial charge in [-0.3, -0.25) is 0 Å². The lowest BCUT2D eigenvalue weighted by Gasteiger charge is -2.23. The molecule has 0 aliphatic rings. The molecule has 0 saturated heterocycles. The first-order chi connectivity index (χ1) is 9.81. The number of alkyl halides is 1. The molecule has 0 saturated carbocycles. The number of benzene rings is 1. The molecule has 0 N–H and O–H groups in total. The zero-order valence-corrected chi connectivity index (χ0v) is 14.1. The smallest absolute Gasteiger partial charge is 0.219 e. The Morgan fingerprint density at radius 3 is 2.38 bits per heavy atom. The maximum absolute atomic E-state index is 6.02. The Balaban J connectivity index is 2.38. The lowest BCUT2D eigenvalue weighted by atomic mass is 9.85. The fraction of sp³-hybridized carbons (Fsp3) is 0.389. The van der Waals surface area contributed by atoms with Gasteiger partial charge in [-0.25, -0.2) is 4.98 Å². The number of pyridine rings is 1. The molecule has 0 amide bonds. The third-order valence-corrected chi connectivity index (χ3v) is 3.76. The van der Waals surface area contributed by atoms with Gasteiger partial charge in [0.2, 0.25) is 5.88 Å². The van der Waals surface area contributed by atoms with Crippen LogP contribution in [0.3, 0.4) is 0 Å². The molecule has 2 nitrogen and oxygen atoms in total. The molecule has 2 rings (SSSR count). The standard InChI is InChI=1S/C18H22ClNO/c1-12-6-8-16(15(10-12)18(3,4)5)21-17-9-7-14(11-19)13(2)20-17/h6-10H,11H2,1-5H3. The zero-order valence-electron chi connectivity index (χ0n) is 13.3. The van der Waals surface area contributed by atoms with Crippen LogP contribution in [0.5, 0.6) is 11.6 Å². The van der Waals surface area contributed by atoms with Gasteiger partial charge in [0, 0.05) is 23.2 Å². The summed E-state index contributed by atoms with van der Waals surface area (Å²) in [4.78, 5) is 4.48. The first-order valence-electron chi connectivity index (χ1n) is 7.12. The van der Waals surface area contributed by atoms with Crippen LogP contribution in [-0.2, 0) is 11.3 Å². The van der Waals surface area contributed by atoms with E-state index in [0.29, 0.717) is 11.8 Å². The summed E-state index contributed by atoms with van der Waals surface area (Å²) in [5.41, 5.74) is 4.38. The SMILES string of the molecule is Cc1ccc(Oc2ccc(CCl)c(C)n2)c(C(C)(C)C)c1. The Kier molecular flexibility index (Phi) is 4.58. The second kappa shape index (κ2) is 6.07. The van der Waals surface area contributed by atoms with Crippen molar-refractivity contribution in [1.82, 2.24) is 4.98 Å². The fourth-order valence-corrected chi connectivity index (χ4v) is 2.48. The molecule has 0 aliphatic carbocycles. The molecule has 0 bridgehead atoms. The molecule has 0 atom stereocenters. The van der Waals surface area contributed by atoms with Gasteiger partial charge >= 0.3 is 0 Å². The number of nitrogens with zero attached hydrogens (tertiary/aromatic N) is 1. The third kappa shape index (κ3) is 3.76. The first kappa shape index (κ1) is 15.8. The van der Waals surface area contributed by atoms with Crippen molar-refractivity contribution in [2.75, 3.05) is 0 Å². The van der Waals surface area contributed by atoms with Gasteiger partial charge < -0.3 is 4.74 Å². The molecular weight excluding hydrogens is 282 g/mol. The number of halogens is 1. The van der Waals surface area contributed by atoms with E-state index in [1.165, 1.54) is 11.1 Å². The van der Waals surface area contributed by atoms with Crippen LogP contribution in [0, 0.1) is 13.8 Å². The maximum atomic E-state index is 6.02. The Hall–Kier alpha value is -1.54.